The summed E-state index contributed by atoms with van der Waals surface area (Å²) in [4.78, 5) is 36.2. The maximum atomic E-state index is 11.8. The van der Waals surface area contributed by atoms with E-state index in [0.717, 1.165) is 6.61 Å². The SMILES string of the molecule is CC(=O)O[C@H]1C[C@H](n2cc(C)c(=O)[nH]c2=O)O[C@@H]1[CH]O. The molecule has 1 aromatic heterocycles. The second-order valence-corrected chi connectivity index (χ2v) is 4.57. The van der Waals surface area contributed by atoms with Gasteiger partial charge in [-0.2, -0.15) is 0 Å². The van der Waals surface area contributed by atoms with E-state index >= 15 is 0 Å². The molecule has 8 nitrogen and oxygen atoms in total. The lowest BCUT2D eigenvalue weighted by atomic mass is 10.2. The van der Waals surface area contributed by atoms with Gasteiger partial charge in [0.2, 0.25) is 0 Å². The topological polar surface area (TPSA) is 111 Å². The van der Waals surface area contributed by atoms with Crippen LogP contribution in [-0.4, -0.2) is 32.8 Å². The highest BCUT2D eigenvalue weighted by atomic mass is 16.6. The maximum Gasteiger partial charge on any atom is 0.330 e. The van der Waals surface area contributed by atoms with Crippen molar-refractivity contribution in [2.24, 2.45) is 0 Å². The van der Waals surface area contributed by atoms with Gasteiger partial charge in [-0.25, -0.2) is 4.79 Å². The number of ether oxygens (including phenoxy) is 2. The number of nitrogens with zero attached hydrogens (tertiary/aromatic N) is 1. The molecule has 3 atom stereocenters. The van der Waals surface area contributed by atoms with Crippen molar-refractivity contribution < 1.29 is 19.4 Å². The number of aromatic amines is 1. The van der Waals surface area contributed by atoms with Crippen LogP contribution in [0.25, 0.3) is 0 Å². The molecule has 1 radical (unpaired) electrons. The Morgan fingerprint density at radius 2 is 2.30 bits per heavy atom. The molecule has 1 saturated heterocycles. The van der Waals surface area contributed by atoms with Crippen LogP contribution in [0.4, 0.5) is 0 Å². The Balaban J connectivity index is 2.27. The van der Waals surface area contributed by atoms with Crippen molar-refractivity contribution in [3.63, 3.8) is 0 Å². The zero-order valence-corrected chi connectivity index (χ0v) is 11.0. The van der Waals surface area contributed by atoms with Gasteiger partial charge in [-0.1, -0.05) is 0 Å². The number of hydrogen-bond donors (Lipinski definition) is 2. The summed E-state index contributed by atoms with van der Waals surface area (Å²) in [6, 6.07) is 0. The molecule has 0 spiro atoms. The number of aliphatic hydroxyl groups is 1. The average Bonchev–Trinajstić information content (AvgIpc) is 2.75. The number of hydrogen-bond acceptors (Lipinski definition) is 6. The number of rotatable bonds is 3. The highest BCUT2D eigenvalue weighted by Crippen LogP contribution is 2.30. The maximum absolute atomic E-state index is 11.8. The monoisotopic (exact) mass is 283 g/mol. The average molecular weight is 283 g/mol. The van der Waals surface area contributed by atoms with Crippen LogP contribution in [0.3, 0.4) is 0 Å². The lowest BCUT2D eigenvalue weighted by Crippen LogP contribution is -2.33. The third kappa shape index (κ3) is 2.81. The number of carbonyl (C=O) groups is 1. The van der Waals surface area contributed by atoms with Gasteiger partial charge in [0.1, 0.15) is 25.0 Å². The Labute approximate surface area is 114 Å². The van der Waals surface area contributed by atoms with Gasteiger partial charge >= 0.3 is 11.7 Å². The van der Waals surface area contributed by atoms with Crippen molar-refractivity contribution >= 4 is 5.97 Å². The minimum atomic E-state index is -0.817. The standard InChI is InChI=1S/C12H15N2O6/c1-6-4-14(12(18)13-11(6)17)10-3-8(19-7(2)16)9(5-15)20-10/h4-5,8-10,15H,3H2,1-2H3,(H,13,17,18)/t8-,9+,10+/m0/s1. The first-order valence-electron chi connectivity index (χ1n) is 6.04. The number of nitrogens with one attached hydrogen (secondary N) is 1. The molecule has 1 aliphatic heterocycles. The summed E-state index contributed by atoms with van der Waals surface area (Å²) < 4.78 is 11.7. The van der Waals surface area contributed by atoms with E-state index in [-0.39, 0.29) is 6.42 Å². The third-order valence-corrected chi connectivity index (χ3v) is 3.03. The molecule has 0 aromatic carbocycles. The van der Waals surface area contributed by atoms with E-state index in [9.17, 15) is 14.4 Å². The summed E-state index contributed by atoms with van der Waals surface area (Å²) >= 11 is 0. The zero-order chi connectivity index (χ0) is 14.9. The van der Waals surface area contributed by atoms with Gasteiger partial charge in [-0.3, -0.25) is 19.1 Å². The Morgan fingerprint density at radius 3 is 2.90 bits per heavy atom. The molecule has 109 valence electrons. The van der Waals surface area contributed by atoms with Crippen LogP contribution in [-0.2, 0) is 14.3 Å². The first-order chi connectivity index (χ1) is 9.42. The highest BCUT2D eigenvalue weighted by Gasteiger charge is 2.38. The van der Waals surface area contributed by atoms with Gasteiger partial charge in [0, 0.05) is 25.1 Å². The number of H-pyrrole nitrogens is 1. The Morgan fingerprint density at radius 1 is 1.60 bits per heavy atom. The Kier molecular flexibility index (Phi) is 4.05. The molecule has 1 aliphatic rings. The molecule has 1 aromatic rings. The van der Waals surface area contributed by atoms with Gasteiger partial charge in [0.15, 0.2) is 0 Å². The van der Waals surface area contributed by atoms with Crippen LogP contribution < -0.4 is 11.2 Å². The van der Waals surface area contributed by atoms with E-state index in [1.807, 2.05) is 0 Å². The summed E-state index contributed by atoms with van der Waals surface area (Å²) in [6.07, 6.45) is -0.649. The minimum absolute atomic E-state index is 0.201. The molecule has 0 bridgehead atoms. The third-order valence-electron chi connectivity index (χ3n) is 3.03. The normalized spacial score (nSPS) is 25.6. The fraction of sp³-hybridized carbons (Fsp3) is 0.500. The van der Waals surface area contributed by atoms with Gasteiger partial charge in [-0.05, 0) is 6.92 Å². The van der Waals surface area contributed by atoms with Crippen LogP contribution in [0.2, 0.25) is 0 Å². The molecule has 8 heteroatoms. The van der Waals surface area contributed by atoms with Gasteiger partial charge < -0.3 is 14.6 Å². The fourth-order valence-corrected chi connectivity index (χ4v) is 2.10. The molecular formula is C12H15N2O6. The van der Waals surface area contributed by atoms with Gasteiger partial charge in [-0.15, -0.1) is 0 Å². The number of aryl methyl sites for hydroxylation is 1. The lowest BCUT2D eigenvalue weighted by molar-refractivity contribution is -0.149. The summed E-state index contributed by atoms with van der Waals surface area (Å²) in [5.41, 5.74) is -0.731. The molecule has 0 saturated carbocycles. The largest absolute Gasteiger partial charge is 0.459 e. The zero-order valence-electron chi connectivity index (χ0n) is 11.0. The molecule has 2 rings (SSSR count). The number of aliphatic hydroxyl groups excluding tert-OH is 1. The number of esters is 1. The van der Waals surface area contributed by atoms with E-state index < -0.39 is 35.7 Å². The fourth-order valence-electron chi connectivity index (χ4n) is 2.10. The summed E-state index contributed by atoms with van der Waals surface area (Å²) in [5.74, 6) is -0.504. The minimum Gasteiger partial charge on any atom is -0.459 e. The molecule has 2 heterocycles. The van der Waals surface area contributed by atoms with Crippen molar-refractivity contribution in [3.05, 3.63) is 39.2 Å². The smallest absolute Gasteiger partial charge is 0.330 e. The van der Waals surface area contributed by atoms with Crippen molar-refractivity contribution in [2.75, 3.05) is 0 Å². The lowest BCUT2D eigenvalue weighted by Gasteiger charge is -2.15. The summed E-state index contributed by atoms with van der Waals surface area (Å²) in [7, 11) is 0. The second-order valence-electron chi connectivity index (χ2n) is 4.57. The van der Waals surface area contributed by atoms with E-state index in [2.05, 4.69) is 4.98 Å². The van der Waals surface area contributed by atoms with Crippen molar-refractivity contribution in [2.45, 2.75) is 38.7 Å². The Bertz CT molecular complexity index is 619. The van der Waals surface area contributed by atoms with Crippen molar-refractivity contribution in [1.29, 1.82) is 0 Å². The predicted molar refractivity (Wildman–Crippen MR) is 66.4 cm³/mol. The molecule has 0 unspecified atom stereocenters. The van der Waals surface area contributed by atoms with E-state index in [1.54, 1.807) is 6.92 Å². The Hall–Kier alpha value is -1.93. The van der Waals surface area contributed by atoms with Gasteiger partial charge in [0.25, 0.3) is 5.56 Å². The first-order valence-corrected chi connectivity index (χ1v) is 6.04. The van der Waals surface area contributed by atoms with Crippen LogP contribution in [0.1, 0.15) is 25.1 Å². The van der Waals surface area contributed by atoms with Crippen LogP contribution >= 0.6 is 0 Å². The molecule has 0 aliphatic carbocycles. The van der Waals surface area contributed by atoms with Crippen LogP contribution in [0, 0.1) is 13.5 Å². The predicted octanol–water partition coefficient (Wildman–Crippen LogP) is -0.401. The first kappa shape index (κ1) is 14.5. The summed E-state index contributed by atoms with van der Waals surface area (Å²) in [6.45, 7) is 3.58. The van der Waals surface area contributed by atoms with Crippen LogP contribution in [0.15, 0.2) is 15.8 Å². The van der Waals surface area contributed by atoms with Crippen molar-refractivity contribution in [1.82, 2.24) is 9.55 Å². The van der Waals surface area contributed by atoms with E-state index in [0.29, 0.717) is 5.56 Å². The summed E-state index contributed by atoms with van der Waals surface area (Å²) in [5, 5.41) is 9.10. The molecular weight excluding hydrogens is 268 g/mol. The van der Waals surface area contributed by atoms with E-state index in [4.69, 9.17) is 14.6 Å². The molecule has 2 N–H and O–H groups in total. The molecule has 0 amide bonds. The number of aromatic nitrogens is 2. The quantitative estimate of drug-likeness (QED) is 0.730. The van der Waals surface area contributed by atoms with Crippen molar-refractivity contribution in [3.8, 4) is 0 Å². The van der Waals surface area contributed by atoms with Gasteiger partial charge in [0.05, 0.1) is 0 Å². The highest BCUT2D eigenvalue weighted by molar-refractivity contribution is 5.66. The molecule has 20 heavy (non-hydrogen) atoms. The van der Waals surface area contributed by atoms with E-state index in [1.165, 1.54) is 17.7 Å². The second kappa shape index (κ2) is 5.59. The number of carbonyl (C=O) groups excluding carboxylic acids is 1. The molecule has 1 fully saturated rings. The van der Waals surface area contributed by atoms with Crippen LogP contribution in [0.5, 0.6) is 0 Å².